The van der Waals surface area contributed by atoms with Crippen LogP contribution in [0, 0.1) is 16.3 Å². The summed E-state index contributed by atoms with van der Waals surface area (Å²) < 4.78 is 14.2. The first-order chi connectivity index (χ1) is 13.2. The fraction of sp³-hybridized carbons (Fsp3) is 0.0526. The van der Waals surface area contributed by atoms with E-state index in [-0.39, 0.29) is 38.5 Å². The number of carbonyl (C=O) groups excluding carboxylic acids is 1. The number of halogens is 5. The quantitative estimate of drug-likeness (QED) is 0.221. The molecule has 1 amide bonds. The average Bonchev–Trinajstić information content (AvgIpc) is 3.18. The molecule has 2 N–H and O–H groups in total. The zero-order valence-electron chi connectivity index (χ0n) is 14.0. The number of benzene rings is 2. The molecule has 0 spiro atoms. The van der Waals surface area contributed by atoms with Crippen molar-refractivity contribution in [2.75, 3.05) is 0 Å². The van der Waals surface area contributed by atoms with E-state index in [4.69, 9.17) is 34.8 Å². The molecule has 0 aliphatic carbocycles. The van der Waals surface area contributed by atoms with Gasteiger partial charge in [0.25, 0.3) is 5.91 Å². The van der Waals surface area contributed by atoms with Crippen molar-refractivity contribution < 1.29 is 14.3 Å². The Morgan fingerprint density at radius 1 is 1.11 bits per heavy atom. The lowest BCUT2D eigenvalue weighted by Gasteiger charge is -2.13. The number of nitrogens with zero attached hydrogens (tertiary/aromatic N) is 1. The summed E-state index contributed by atoms with van der Waals surface area (Å²) in [5.74, 6) is -1.34. The minimum atomic E-state index is -0.587. The molecule has 0 atom stereocenters. The van der Waals surface area contributed by atoms with Gasteiger partial charge in [0.05, 0.1) is 41.2 Å². The minimum Gasteiger partial charge on any atom is -0.494 e. The van der Waals surface area contributed by atoms with Crippen molar-refractivity contribution in [1.29, 1.82) is 0 Å². The van der Waals surface area contributed by atoms with Gasteiger partial charge in [-0.2, -0.15) is 0 Å². The number of amides is 1. The number of aromatic amines is 1. The lowest BCUT2D eigenvalue weighted by molar-refractivity contribution is 0.101. The third-order valence-electron chi connectivity index (χ3n) is 4.48. The molecule has 3 aromatic rings. The van der Waals surface area contributed by atoms with E-state index in [0.29, 0.717) is 25.3 Å². The van der Waals surface area contributed by atoms with E-state index in [1.165, 1.54) is 18.2 Å². The Kier molecular flexibility index (Phi) is 4.94. The molecule has 0 unspecified atom stereocenters. The number of H-pyrrole nitrogens is 1. The Labute approximate surface area is 187 Å². The van der Waals surface area contributed by atoms with Crippen LogP contribution in [0.15, 0.2) is 29.3 Å². The first-order valence-corrected chi connectivity index (χ1v) is 10.1. The molecule has 142 valence electrons. The lowest BCUT2D eigenvalue weighted by Crippen LogP contribution is -2.05. The number of nitrogens with one attached hydrogen (secondary N) is 1. The zero-order chi connectivity index (χ0) is 20.3. The van der Waals surface area contributed by atoms with Gasteiger partial charge in [0, 0.05) is 11.1 Å². The van der Waals surface area contributed by atoms with E-state index >= 15 is 0 Å². The van der Waals surface area contributed by atoms with Crippen molar-refractivity contribution in [1.82, 2.24) is 4.98 Å². The van der Waals surface area contributed by atoms with Gasteiger partial charge in [-0.25, -0.2) is 9.38 Å². The summed E-state index contributed by atoms with van der Waals surface area (Å²) in [5, 5.41) is 11.4. The molecule has 1 aliphatic rings. The van der Waals surface area contributed by atoms with Crippen LogP contribution in [0.3, 0.4) is 0 Å². The summed E-state index contributed by atoms with van der Waals surface area (Å²) in [4.78, 5) is 19.5. The largest absolute Gasteiger partial charge is 0.494 e. The maximum atomic E-state index is 13.6. The van der Waals surface area contributed by atoms with Crippen molar-refractivity contribution in [2.45, 2.75) is 6.92 Å². The second-order valence-electron chi connectivity index (χ2n) is 6.13. The highest BCUT2D eigenvalue weighted by Gasteiger charge is 2.36. The minimum absolute atomic E-state index is 0.132. The topological polar surface area (TPSA) is 65.5 Å². The van der Waals surface area contributed by atoms with E-state index in [1.54, 1.807) is 13.0 Å². The van der Waals surface area contributed by atoms with Crippen LogP contribution in [-0.2, 0) is 0 Å². The van der Waals surface area contributed by atoms with E-state index < -0.39 is 11.7 Å². The molecular weight excluding hydrogens is 540 g/mol. The molecule has 0 fully saturated rings. The second-order valence-corrected chi connectivity index (χ2v) is 8.34. The Bertz CT molecular complexity index is 1190. The van der Waals surface area contributed by atoms with Crippen molar-refractivity contribution in [3.8, 4) is 17.1 Å². The number of hydrogen-bond donors (Lipinski definition) is 2. The number of aromatic hydroxyl groups is 1. The van der Waals surface area contributed by atoms with Gasteiger partial charge >= 0.3 is 0 Å². The smallest absolute Gasteiger partial charge is 0.280 e. The van der Waals surface area contributed by atoms with E-state index in [2.05, 4.69) is 9.98 Å². The van der Waals surface area contributed by atoms with Crippen LogP contribution in [-0.4, -0.2) is 21.7 Å². The molecule has 28 heavy (non-hydrogen) atoms. The Morgan fingerprint density at radius 2 is 1.82 bits per heavy atom. The SMILES string of the molecule is Cc1c(Cl)c(I)c(Cl)c(C2=NC(=O)c3c(-c4cccc(F)c4)[nH]c(O)c32)c1Cl. The van der Waals surface area contributed by atoms with Crippen molar-refractivity contribution >= 4 is 69.0 Å². The van der Waals surface area contributed by atoms with Gasteiger partial charge in [-0.05, 0) is 47.2 Å². The molecule has 9 heteroatoms. The van der Waals surface area contributed by atoms with Crippen LogP contribution in [0.5, 0.6) is 5.88 Å². The average molecular weight is 550 g/mol. The maximum absolute atomic E-state index is 13.6. The van der Waals surface area contributed by atoms with Crippen LogP contribution in [0.2, 0.25) is 15.1 Å². The first-order valence-electron chi connectivity index (χ1n) is 7.89. The van der Waals surface area contributed by atoms with Gasteiger partial charge in [-0.15, -0.1) is 0 Å². The summed E-state index contributed by atoms with van der Waals surface area (Å²) in [6.45, 7) is 1.72. The highest BCUT2D eigenvalue weighted by Crippen LogP contribution is 2.44. The number of carbonyl (C=O) groups is 1. The molecule has 4 nitrogen and oxygen atoms in total. The lowest BCUT2D eigenvalue weighted by atomic mass is 9.99. The predicted octanol–water partition coefficient (Wildman–Crippen LogP) is 6.39. The summed E-state index contributed by atoms with van der Waals surface area (Å²) in [7, 11) is 0. The van der Waals surface area contributed by atoms with Crippen molar-refractivity contribution in [3.05, 3.63) is 71.0 Å². The Morgan fingerprint density at radius 3 is 2.50 bits per heavy atom. The summed E-state index contributed by atoms with van der Waals surface area (Å²) in [6, 6.07) is 5.67. The third-order valence-corrected chi connectivity index (χ3v) is 7.52. The molecule has 0 radical (unpaired) electrons. The number of hydrogen-bond acceptors (Lipinski definition) is 2. The molecule has 1 aliphatic heterocycles. The van der Waals surface area contributed by atoms with Gasteiger partial charge in [-0.3, -0.25) is 4.79 Å². The fourth-order valence-electron chi connectivity index (χ4n) is 3.14. The van der Waals surface area contributed by atoms with Crippen LogP contribution in [0.4, 0.5) is 4.39 Å². The predicted molar refractivity (Wildman–Crippen MR) is 117 cm³/mol. The molecule has 2 heterocycles. The number of aliphatic imine (C=N–C) groups is 1. The standard InChI is InChI=1S/C19H9Cl3FIN2O2/c1-6-12(20)11(14(22)15(24)13(6)21)17-10-9(18(27)26-17)16(25-19(10)28)7-3-2-4-8(23)5-7/h2-5,25,28H,1H3. The van der Waals surface area contributed by atoms with Gasteiger partial charge in [-0.1, -0.05) is 46.9 Å². The van der Waals surface area contributed by atoms with Crippen molar-refractivity contribution in [3.63, 3.8) is 0 Å². The molecule has 0 saturated carbocycles. The normalized spacial score (nSPS) is 13.1. The van der Waals surface area contributed by atoms with E-state index in [9.17, 15) is 14.3 Å². The van der Waals surface area contributed by atoms with Gasteiger partial charge in [0.1, 0.15) is 5.82 Å². The Hall–Kier alpha value is -1.61. The summed E-state index contributed by atoms with van der Waals surface area (Å²) in [5.41, 5.74) is 2.00. The van der Waals surface area contributed by atoms with Crippen LogP contribution in [0.25, 0.3) is 11.3 Å². The van der Waals surface area contributed by atoms with Crippen molar-refractivity contribution in [2.24, 2.45) is 4.99 Å². The van der Waals surface area contributed by atoms with Crippen LogP contribution < -0.4 is 0 Å². The van der Waals surface area contributed by atoms with Gasteiger partial charge < -0.3 is 10.1 Å². The molecular formula is C19H9Cl3FIN2O2. The van der Waals surface area contributed by atoms with E-state index in [1.807, 2.05) is 22.6 Å². The highest BCUT2D eigenvalue weighted by molar-refractivity contribution is 14.1. The summed E-state index contributed by atoms with van der Waals surface area (Å²) in [6.07, 6.45) is 0. The molecule has 4 rings (SSSR count). The monoisotopic (exact) mass is 548 g/mol. The molecule has 0 saturated heterocycles. The summed E-state index contributed by atoms with van der Waals surface area (Å²) >= 11 is 21.2. The molecule has 2 aromatic carbocycles. The first kappa shape index (κ1) is 19.7. The highest BCUT2D eigenvalue weighted by atomic mass is 127. The number of aromatic nitrogens is 1. The molecule has 1 aromatic heterocycles. The maximum Gasteiger partial charge on any atom is 0.280 e. The number of rotatable bonds is 2. The van der Waals surface area contributed by atoms with Crippen LogP contribution >= 0.6 is 57.4 Å². The van der Waals surface area contributed by atoms with Gasteiger partial charge in [0.2, 0.25) is 0 Å². The van der Waals surface area contributed by atoms with E-state index in [0.717, 1.165) is 0 Å². The second kappa shape index (κ2) is 7.02. The fourth-order valence-corrected chi connectivity index (χ4v) is 4.71. The Balaban J connectivity index is 1.98. The van der Waals surface area contributed by atoms with Gasteiger partial charge in [0.15, 0.2) is 5.88 Å². The zero-order valence-corrected chi connectivity index (χ0v) is 18.4. The number of fused-ring (bicyclic) bond motifs is 1. The third kappa shape index (κ3) is 2.85. The molecule has 0 bridgehead atoms. The van der Waals surface area contributed by atoms with Crippen LogP contribution in [0.1, 0.15) is 27.0 Å².